The van der Waals surface area contributed by atoms with Crippen molar-refractivity contribution >= 4 is 52.1 Å². The molecule has 0 bridgehead atoms. The minimum atomic E-state index is 0.758. The van der Waals surface area contributed by atoms with Crippen LogP contribution in [0.5, 0.6) is 0 Å². The maximum Gasteiger partial charge on any atom is 0.175 e. The van der Waals surface area contributed by atoms with E-state index in [9.17, 15) is 0 Å². The largest absolute Gasteiger partial charge is 0.384 e. The fraction of sp³-hybridized carbons (Fsp3) is 0.273. The molecule has 96 valence electrons. The SMILES string of the molecule is CSc1nnc(SCCNc2ccc(Cl)cc2)s1. The summed E-state index contributed by atoms with van der Waals surface area (Å²) in [5.74, 6) is 0.964. The molecule has 1 heterocycles. The summed E-state index contributed by atoms with van der Waals surface area (Å²) in [7, 11) is 0. The average molecular weight is 318 g/mol. The molecular weight excluding hydrogens is 306 g/mol. The molecule has 2 aromatic rings. The van der Waals surface area contributed by atoms with Crippen molar-refractivity contribution in [3.05, 3.63) is 29.3 Å². The van der Waals surface area contributed by atoms with Crippen molar-refractivity contribution in [1.29, 1.82) is 0 Å². The van der Waals surface area contributed by atoms with Crippen molar-refractivity contribution in [2.75, 3.05) is 23.9 Å². The van der Waals surface area contributed by atoms with E-state index in [0.717, 1.165) is 31.7 Å². The van der Waals surface area contributed by atoms with Gasteiger partial charge in [0.25, 0.3) is 0 Å². The second-order valence-corrected chi connectivity index (χ2v) is 7.13. The summed E-state index contributed by atoms with van der Waals surface area (Å²) in [5, 5.41) is 12.3. The Balaban J connectivity index is 1.71. The monoisotopic (exact) mass is 317 g/mol. The molecular formula is C11H12ClN3S3. The number of hydrogen-bond acceptors (Lipinski definition) is 6. The molecule has 0 atom stereocenters. The van der Waals surface area contributed by atoms with Crippen LogP contribution in [0.3, 0.4) is 0 Å². The fourth-order valence-electron chi connectivity index (χ4n) is 1.24. The van der Waals surface area contributed by atoms with Crippen LogP contribution in [-0.2, 0) is 0 Å². The third-order valence-corrected chi connectivity index (χ3v) is 5.35. The van der Waals surface area contributed by atoms with E-state index in [-0.39, 0.29) is 0 Å². The van der Waals surface area contributed by atoms with Crippen LogP contribution in [0, 0.1) is 0 Å². The topological polar surface area (TPSA) is 37.8 Å². The maximum atomic E-state index is 5.82. The fourth-order valence-corrected chi connectivity index (χ4v) is 3.73. The molecule has 2 rings (SSSR count). The van der Waals surface area contributed by atoms with Crippen LogP contribution >= 0.6 is 46.5 Å². The van der Waals surface area contributed by atoms with Gasteiger partial charge in [0, 0.05) is 23.0 Å². The lowest BCUT2D eigenvalue weighted by Crippen LogP contribution is -2.03. The lowest BCUT2D eigenvalue weighted by Gasteiger charge is -2.04. The van der Waals surface area contributed by atoms with E-state index in [4.69, 9.17) is 11.6 Å². The first-order valence-electron chi connectivity index (χ1n) is 5.27. The Labute approximate surface area is 124 Å². The van der Waals surface area contributed by atoms with Gasteiger partial charge in [-0.2, -0.15) is 0 Å². The molecule has 0 aliphatic rings. The van der Waals surface area contributed by atoms with Gasteiger partial charge in [0.1, 0.15) is 0 Å². The Morgan fingerprint density at radius 1 is 1.22 bits per heavy atom. The molecule has 1 aromatic heterocycles. The number of nitrogens with zero attached hydrogens (tertiary/aromatic N) is 2. The van der Waals surface area contributed by atoms with Crippen LogP contribution in [0.4, 0.5) is 5.69 Å². The summed E-state index contributed by atoms with van der Waals surface area (Å²) in [6, 6.07) is 7.71. The van der Waals surface area contributed by atoms with Crippen LogP contribution in [0.2, 0.25) is 5.02 Å². The van der Waals surface area contributed by atoms with Gasteiger partial charge in [-0.3, -0.25) is 0 Å². The maximum absolute atomic E-state index is 5.82. The van der Waals surface area contributed by atoms with E-state index in [1.54, 1.807) is 34.9 Å². The van der Waals surface area contributed by atoms with E-state index < -0.39 is 0 Å². The minimum absolute atomic E-state index is 0.758. The number of benzene rings is 1. The van der Waals surface area contributed by atoms with Gasteiger partial charge in [0.15, 0.2) is 8.68 Å². The summed E-state index contributed by atoms with van der Waals surface area (Å²) < 4.78 is 2.04. The van der Waals surface area contributed by atoms with Crippen LogP contribution in [0.15, 0.2) is 32.9 Å². The molecule has 0 aliphatic carbocycles. The Kier molecular flexibility index (Phi) is 5.62. The van der Waals surface area contributed by atoms with E-state index in [1.165, 1.54) is 0 Å². The van der Waals surface area contributed by atoms with Crippen molar-refractivity contribution in [2.24, 2.45) is 0 Å². The van der Waals surface area contributed by atoms with E-state index in [2.05, 4.69) is 15.5 Å². The number of aromatic nitrogens is 2. The second-order valence-electron chi connectivity index (χ2n) is 3.32. The molecule has 0 saturated carbocycles. The summed E-state index contributed by atoms with van der Waals surface area (Å²) in [5.41, 5.74) is 1.09. The first kappa shape index (κ1) is 14.0. The van der Waals surface area contributed by atoms with Crippen molar-refractivity contribution < 1.29 is 0 Å². The quantitative estimate of drug-likeness (QED) is 0.641. The molecule has 7 heteroatoms. The molecule has 0 radical (unpaired) electrons. The highest BCUT2D eigenvalue weighted by Crippen LogP contribution is 2.27. The van der Waals surface area contributed by atoms with E-state index in [0.29, 0.717) is 0 Å². The molecule has 0 aliphatic heterocycles. The zero-order valence-corrected chi connectivity index (χ0v) is 12.9. The van der Waals surface area contributed by atoms with Gasteiger partial charge in [0.05, 0.1) is 0 Å². The van der Waals surface area contributed by atoms with Gasteiger partial charge in [-0.25, -0.2) is 0 Å². The van der Waals surface area contributed by atoms with Crippen molar-refractivity contribution in [3.8, 4) is 0 Å². The molecule has 0 amide bonds. The van der Waals surface area contributed by atoms with Crippen LogP contribution in [0.25, 0.3) is 0 Å². The standard InChI is InChI=1S/C11H12ClN3S3/c1-16-10-14-15-11(18-10)17-7-6-13-9-4-2-8(12)3-5-9/h2-5,13H,6-7H2,1H3. The lowest BCUT2D eigenvalue weighted by molar-refractivity contribution is 0.955. The Bertz CT molecular complexity index is 487. The van der Waals surface area contributed by atoms with Crippen LogP contribution < -0.4 is 5.32 Å². The highest BCUT2D eigenvalue weighted by atomic mass is 35.5. The molecule has 0 fully saturated rings. The number of nitrogens with one attached hydrogen (secondary N) is 1. The summed E-state index contributed by atoms with van der Waals surface area (Å²) in [4.78, 5) is 0. The van der Waals surface area contributed by atoms with Gasteiger partial charge in [-0.05, 0) is 30.5 Å². The van der Waals surface area contributed by atoms with Crippen LogP contribution in [-0.4, -0.2) is 28.8 Å². The lowest BCUT2D eigenvalue weighted by atomic mass is 10.3. The van der Waals surface area contributed by atoms with Gasteiger partial charge in [0.2, 0.25) is 0 Å². The molecule has 18 heavy (non-hydrogen) atoms. The Morgan fingerprint density at radius 2 is 1.94 bits per heavy atom. The summed E-state index contributed by atoms with van der Waals surface area (Å²) >= 11 is 10.8. The van der Waals surface area contributed by atoms with Crippen molar-refractivity contribution in [2.45, 2.75) is 8.68 Å². The van der Waals surface area contributed by atoms with Crippen LogP contribution in [0.1, 0.15) is 0 Å². The first-order chi connectivity index (χ1) is 8.78. The van der Waals surface area contributed by atoms with Gasteiger partial charge >= 0.3 is 0 Å². The van der Waals surface area contributed by atoms with Gasteiger partial charge in [-0.1, -0.05) is 46.5 Å². The van der Waals surface area contributed by atoms with Gasteiger partial charge < -0.3 is 5.32 Å². The third kappa shape index (κ3) is 4.35. The van der Waals surface area contributed by atoms with E-state index >= 15 is 0 Å². The average Bonchev–Trinajstić information content (AvgIpc) is 2.85. The number of rotatable bonds is 6. The number of anilines is 1. The predicted molar refractivity (Wildman–Crippen MR) is 82.4 cm³/mol. The van der Waals surface area contributed by atoms with Crippen molar-refractivity contribution in [1.82, 2.24) is 10.2 Å². The molecule has 0 spiro atoms. The molecule has 1 N–H and O–H groups in total. The first-order valence-corrected chi connectivity index (χ1v) is 8.68. The Hall–Kier alpha value is -0.430. The number of halogens is 1. The number of hydrogen-bond donors (Lipinski definition) is 1. The Morgan fingerprint density at radius 3 is 2.61 bits per heavy atom. The van der Waals surface area contributed by atoms with Crippen molar-refractivity contribution in [3.63, 3.8) is 0 Å². The highest BCUT2D eigenvalue weighted by molar-refractivity contribution is 8.02. The second kappa shape index (κ2) is 7.23. The molecule has 1 aromatic carbocycles. The zero-order chi connectivity index (χ0) is 12.8. The third-order valence-electron chi connectivity index (χ3n) is 2.06. The van der Waals surface area contributed by atoms with Gasteiger partial charge in [-0.15, -0.1) is 10.2 Å². The summed E-state index contributed by atoms with van der Waals surface area (Å²) in [6.07, 6.45) is 2.01. The molecule has 0 unspecified atom stereocenters. The number of thioether (sulfide) groups is 2. The molecule has 3 nitrogen and oxygen atoms in total. The minimum Gasteiger partial charge on any atom is -0.384 e. The zero-order valence-electron chi connectivity index (χ0n) is 9.72. The highest BCUT2D eigenvalue weighted by Gasteiger charge is 2.02. The summed E-state index contributed by atoms with van der Waals surface area (Å²) in [6.45, 7) is 0.889. The van der Waals surface area contributed by atoms with E-state index in [1.807, 2.05) is 30.5 Å². The molecule has 0 saturated heterocycles. The smallest absolute Gasteiger partial charge is 0.175 e. The predicted octanol–water partition coefficient (Wildman–Crippen LogP) is 4.12. The normalized spacial score (nSPS) is 10.6.